The lowest BCUT2D eigenvalue weighted by atomic mass is 9.91. The van der Waals surface area contributed by atoms with Gasteiger partial charge in [0.2, 0.25) is 0 Å². The van der Waals surface area contributed by atoms with Crippen molar-refractivity contribution in [2.45, 2.75) is 53.3 Å². The molecule has 3 nitrogen and oxygen atoms in total. The van der Waals surface area contributed by atoms with Gasteiger partial charge < -0.3 is 9.47 Å². The third-order valence-corrected chi connectivity index (χ3v) is 5.76. The van der Waals surface area contributed by atoms with Gasteiger partial charge in [0.25, 0.3) is 0 Å². The van der Waals surface area contributed by atoms with Crippen LogP contribution in [0.25, 0.3) is 11.3 Å². The van der Waals surface area contributed by atoms with Crippen molar-refractivity contribution in [1.82, 2.24) is 4.98 Å². The lowest BCUT2D eigenvalue weighted by Gasteiger charge is -2.21. The van der Waals surface area contributed by atoms with Crippen LogP contribution in [0.4, 0.5) is 17.6 Å². The molecule has 0 N–H and O–H groups in total. The summed E-state index contributed by atoms with van der Waals surface area (Å²) < 4.78 is 64.3. The molecule has 33 heavy (non-hydrogen) atoms. The predicted molar refractivity (Wildman–Crippen MR) is 120 cm³/mol. The molecule has 0 bridgehead atoms. The summed E-state index contributed by atoms with van der Waals surface area (Å²) in [6.45, 7) is 7.66. The van der Waals surface area contributed by atoms with Crippen molar-refractivity contribution in [3.63, 3.8) is 0 Å². The number of benzene rings is 2. The van der Waals surface area contributed by atoms with Crippen molar-refractivity contribution < 1.29 is 27.0 Å². The Balaban J connectivity index is 2.05. The lowest BCUT2D eigenvalue weighted by Crippen LogP contribution is -2.09. The first kappa shape index (κ1) is 24.6. The van der Waals surface area contributed by atoms with E-state index in [4.69, 9.17) is 14.5 Å². The van der Waals surface area contributed by atoms with Crippen LogP contribution in [-0.4, -0.2) is 12.1 Å². The molecule has 0 unspecified atom stereocenters. The first-order valence-corrected chi connectivity index (χ1v) is 10.8. The molecular formula is C26H27F4NO2. The molecule has 1 aromatic heterocycles. The van der Waals surface area contributed by atoms with E-state index in [0.29, 0.717) is 29.1 Å². The number of rotatable bonds is 7. The molecule has 3 aromatic rings. The number of hydrogen-bond acceptors (Lipinski definition) is 3. The van der Waals surface area contributed by atoms with Crippen molar-refractivity contribution in [3.8, 4) is 22.8 Å². The number of hydrogen-bond donors (Lipinski definition) is 0. The van der Waals surface area contributed by atoms with E-state index in [0.717, 1.165) is 35.7 Å². The summed E-state index contributed by atoms with van der Waals surface area (Å²) in [6, 6.07) is 8.28. The monoisotopic (exact) mass is 461 g/mol. The number of nitrogens with zero attached hydrogens (tertiary/aromatic N) is 1. The summed E-state index contributed by atoms with van der Waals surface area (Å²) >= 11 is 0. The summed E-state index contributed by atoms with van der Waals surface area (Å²) in [5, 5.41) is 0. The lowest BCUT2D eigenvalue weighted by molar-refractivity contribution is -0.137. The average Bonchev–Trinajstić information content (AvgIpc) is 2.78. The van der Waals surface area contributed by atoms with Crippen LogP contribution in [0.5, 0.6) is 11.5 Å². The van der Waals surface area contributed by atoms with Gasteiger partial charge in [0.15, 0.2) is 11.6 Å². The zero-order valence-electron chi connectivity index (χ0n) is 19.4. The van der Waals surface area contributed by atoms with Crippen LogP contribution in [0.1, 0.15) is 47.4 Å². The molecule has 7 heteroatoms. The number of aryl methyl sites for hydroxylation is 3. The van der Waals surface area contributed by atoms with Crippen LogP contribution in [0.2, 0.25) is 0 Å². The topological polar surface area (TPSA) is 31.4 Å². The second-order valence-corrected chi connectivity index (χ2v) is 7.77. The number of ether oxygens (including phenoxy) is 2. The van der Waals surface area contributed by atoms with Crippen molar-refractivity contribution in [2.24, 2.45) is 0 Å². The Hall–Kier alpha value is -3.09. The number of halogens is 4. The van der Waals surface area contributed by atoms with Gasteiger partial charge in [-0.25, -0.2) is 4.39 Å². The van der Waals surface area contributed by atoms with E-state index in [2.05, 4.69) is 26.0 Å². The molecule has 0 aliphatic rings. The maximum Gasteiger partial charge on any atom is 0.416 e. The van der Waals surface area contributed by atoms with Crippen LogP contribution in [-0.2, 0) is 25.6 Å². The van der Waals surface area contributed by atoms with Crippen molar-refractivity contribution in [1.29, 1.82) is 0 Å². The molecule has 0 saturated heterocycles. The van der Waals surface area contributed by atoms with Crippen LogP contribution >= 0.6 is 0 Å². The number of aromatic nitrogens is 1. The molecule has 0 spiro atoms. The van der Waals surface area contributed by atoms with E-state index < -0.39 is 23.3 Å². The summed E-state index contributed by atoms with van der Waals surface area (Å²) in [5.41, 5.74) is 5.18. The van der Waals surface area contributed by atoms with Gasteiger partial charge in [-0.3, -0.25) is 4.98 Å². The minimum absolute atomic E-state index is 0.183. The molecule has 0 radical (unpaired) electrons. The Kier molecular flexibility index (Phi) is 7.30. The minimum atomic E-state index is -4.59. The number of alkyl halides is 3. The highest BCUT2D eigenvalue weighted by Crippen LogP contribution is 2.38. The van der Waals surface area contributed by atoms with Crippen molar-refractivity contribution in [3.05, 3.63) is 75.7 Å². The fourth-order valence-corrected chi connectivity index (χ4v) is 3.99. The maximum absolute atomic E-state index is 14.1. The van der Waals surface area contributed by atoms with Crippen LogP contribution in [0.15, 0.2) is 36.4 Å². The maximum atomic E-state index is 14.1. The first-order valence-electron chi connectivity index (χ1n) is 10.8. The molecule has 3 rings (SSSR count). The van der Waals surface area contributed by atoms with E-state index in [9.17, 15) is 17.6 Å². The highest BCUT2D eigenvalue weighted by molar-refractivity contribution is 5.73. The summed E-state index contributed by atoms with van der Waals surface area (Å²) in [6.07, 6.45) is -2.92. The van der Waals surface area contributed by atoms with Gasteiger partial charge in [-0.2, -0.15) is 13.2 Å². The standard InChI is InChI=1S/C26H27F4NO2/c1-6-17-9-8-10-18(7-2)23(17)24-15(3)25(32-5)20(16(4)31-24)14-33-22-13-19(26(28,29)30)11-12-21(22)27/h8-13H,6-7,14H2,1-5H3. The van der Waals surface area contributed by atoms with E-state index in [1.54, 1.807) is 6.92 Å². The molecule has 0 amide bonds. The normalized spacial score (nSPS) is 11.5. The van der Waals surface area contributed by atoms with Gasteiger partial charge in [-0.15, -0.1) is 0 Å². The molecule has 0 fully saturated rings. The van der Waals surface area contributed by atoms with Crippen molar-refractivity contribution in [2.75, 3.05) is 7.11 Å². The van der Waals surface area contributed by atoms with Crippen LogP contribution < -0.4 is 9.47 Å². The zero-order valence-corrected chi connectivity index (χ0v) is 19.4. The summed E-state index contributed by atoms with van der Waals surface area (Å²) in [4.78, 5) is 4.83. The summed E-state index contributed by atoms with van der Waals surface area (Å²) in [7, 11) is 1.52. The highest BCUT2D eigenvalue weighted by atomic mass is 19.4. The van der Waals surface area contributed by atoms with Crippen LogP contribution in [0.3, 0.4) is 0 Å². The number of methoxy groups -OCH3 is 1. The third kappa shape index (κ3) is 4.97. The van der Waals surface area contributed by atoms with Crippen LogP contribution in [0, 0.1) is 19.7 Å². The first-order chi connectivity index (χ1) is 15.6. The Morgan fingerprint density at radius 3 is 2.15 bits per heavy atom. The molecule has 0 saturated carbocycles. The highest BCUT2D eigenvalue weighted by Gasteiger charge is 2.31. The van der Waals surface area contributed by atoms with Crippen molar-refractivity contribution >= 4 is 0 Å². The van der Waals surface area contributed by atoms with Gasteiger partial charge in [0, 0.05) is 16.8 Å². The minimum Gasteiger partial charge on any atom is -0.496 e. The van der Waals surface area contributed by atoms with Gasteiger partial charge in [0.1, 0.15) is 12.4 Å². The smallest absolute Gasteiger partial charge is 0.416 e. The Labute approximate surface area is 191 Å². The quantitative estimate of drug-likeness (QED) is 0.348. The predicted octanol–water partition coefficient (Wildman–Crippen LogP) is 7.24. The zero-order chi connectivity index (χ0) is 24.3. The second kappa shape index (κ2) is 9.81. The Morgan fingerprint density at radius 2 is 1.61 bits per heavy atom. The van der Waals surface area contributed by atoms with Gasteiger partial charge in [0.05, 0.1) is 23.9 Å². The number of pyridine rings is 1. The molecule has 0 atom stereocenters. The Morgan fingerprint density at radius 1 is 0.970 bits per heavy atom. The largest absolute Gasteiger partial charge is 0.496 e. The molecule has 176 valence electrons. The molecule has 0 aliphatic carbocycles. The van der Waals surface area contributed by atoms with E-state index in [1.807, 2.05) is 13.0 Å². The fraction of sp³-hybridized carbons (Fsp3) is 0.346. The van der Waals surface area contributed by atoms with E-state index in [1.165, 1.54) is 18.2 Å². The third-order valence-electron chi connectivity index (χ3n) is 5.76. The summed E-state index contributed by atoms with van der Waals surface area (Å²) in [5.74, 6) is -0.819. The second-order valence-electron chi connectivity index (χ2n) is 7.77. The van der Waals surface area contributed by atoms with Gasteiger partial charge >= 0.3 is 6.18 Å². The fourth-order valence-electron chi connectivity index (χ4n) is 3.99. The van der Waals surface area contributed by atoms with E-state index >= 15 is 0 Å². The molecule has 1 heterocycles. The molecule has 2 aromatic carbocycles. The molecule has 0 aliphatic heterocycles. The van der Waals surface area contributed by atoms with Gasteiger partial charge in [-0.05, 0) is 56.0 Å². The average molecular weight is 461 g/mol. The SMILES string of the molecule is CCc1cccc(CC)c1-c1nc(C)c(COc2cc(C(F)(F)F)ccc2F)c(OC)c1C. The van der Waals surface area contributed by atoms with Gasteiger partial charge in [-0.1, -0.05) is 32.0 Å². The molecular weight excluding hydrogens is 434 g/mol. The Bertz CT molecular complexity index is 1130. The van der Waals surface area contributed by atoms with E-state index in [-0.39, 0.29) is 6.61 Å².